The van der Waals surface area contributed by atoms with Gasteiger partial charge in [0.05, 0.1) is 22.0 Å². The van der Waals surface area contributed by atoms with E-state index in [1.54, 1.807) is 18.2 Å². The van der Waals surface area contributed by atoms with Gasteiger partial charge < -0.3 is 5.32 Å². The fourth-order valence-electron chi connectivity index (χ4n) is 2.88. The molecule has 0 aliphatic heterocycles. The van der Waals surface area contributed by atoms with E-state index in [-0.39, 0.29) is 11.7 Å². The summed E-state index contributed by atoms with van der Waals surface area (Å²) in [5.74, 6) is -0.000480. The number of aromatic nitrogens is 3. The Kier molecular flexibility index (Phi) is 4.95. The lowest BCUT2D eigenvalue weighted by molar-refractivity contribution is -0.113. The van der Waals surface area contributed by atoms with Crippen molar-refractivity contribution in [2.45, 2.75) is 12.1 Å². The molecule has 2 aromatic carbocycles. The molecule has 0 unspecified atom stereocenters. The van der Waals surface area contributed by atoms with Crippen LogP contribution in [0.2, 0.25) is 10.0 Å². The maximum Gasteiger partial charge on any atom is 0.234 e. The van der Waals surface area contributed by atoms with E-state index in [1.165, 1.54) is 11.8 Å². The third kappa shape index (κ3) is 3.60. The number of benzene rings is 2. The summed E-state index contributed by atoms with van der Waals surface area (Å²) in [7, 11) is 0. The van der Waals surface area contributed by atoms with E-state index in [1.807, 2.05) is 35.6 Å². The van der Waals surface area contributed by atoms with Crippen molar-refractivity contribution in [3.63, 3.8) is 0 Å². The number of para-hydroxylation sites is 1. The molecule has 2 heterocycles. The molecule has 4 aromatic rings. The minimum absolute atomic E-state index is 0.182. The van der Waals surface area contributed by atoms with Crippen LogP contribution in [0.5, 0.6) is 0 Å². The van der Waals surface area contributed by atoms with Crippen LogP contribution in [0.4, 0.5) is 5.69 Å². The second kappa shape index (κ2) is 7.38. The van der Waals surface area contributed by atoms with Gasteiger partial charge in [-0.15, -0.1) is 10.2 Å². The summed E-state index contributed by atoms with van der Waals surface area (Å²) in [5, 5.41) is 14.0. The SMILES string of the molecule is Cc1cc2nnc(SCC(=O)Nc3ccc(Cl)cc3Cl)n2c2ccccc12. The van der Waals surface area contributed by atoms with Gasteiger partial charge in [0.1, 0.15) is 0 Å². The van der Waals surface area contributed by atoms with Gasteiger partial charge in [0.2, 0.25) is 5.91 Å². The Morgan fingerprint density at radius 2 is 1.96 bits per heavy atom. The first-order valence-electron chi connectivity index (χ1n) is 8.14. The number of nitrogens with zero attached hydrogens (tertiary/aromatic N) is 3. The van der Waals surface area contributed by atoms with Gasteiger partial charge in [-0.3, -0.25) is 9.20 Å². The number of anilines is 1. The van der Waals surface area contributed by atoms with Crippen molar-refractivity contribution < 1.29 is 4.79 Å². The normalized spacial score (nSPS) is 11.2. The van der Waals surface area contributed by atoms with Crippen LogP contribution in [0.1, 0.15) is 5.56 Å². The van der Waals surface area contributed by atoms with Gasteiger partial charge in [-0.2, -0.15) is 0 Å². The number of aryl methyl sites for hydroxylation is 1. The standard InChI is InChI=1S/C19H14Cl2N4OS/c1-11-8-17-23-24-19(25(17)16-5-3-2-4-13(11)16)27-10-18(26)22-15-7-6-12(20)9-14(15)21/h2-9H,10H2,1H3,(H,22,26). The molecule has 1 amide bonds. The van der Waals surface area contributed by atoms with E-state index < -0.39 is 0 Å². The fraction of sp³-hybridized carbons (Fsp3) is 0.105. The molecular weight excluding hydrogens is 403 g/mol. The number of hydrogen-bond donors (Lipinski definition) is 1. The molecule has 27 heavy (non-hydrogen) atoms. The molecular formula is C19H14Cl2N4OS. The van der Waals surface area contributed by atoms with Crippen molar-refractivity contribution in [2.75, 3.05) is 11.1 Å². The van der Waals surface area contributed by atoms with E-state index >= 15 is 0 Å². The largest absolute Gasteiger partial charge is 0.324 e. The van der Waals surface area contributed by atoms with Gasteiger partial charge >= 0.3 is 0 Å². The summed E-state index contributed by atoms with van der Waals surface area (Å²) in [4.78, 5) is 12.3. The molecule has 0 saturated heterocycles. The van der Waals surface area contributed by atoms with Crippen LogP contribution >= 0.6 is 35.0 Å². The first-order chi connectivity index (χ1) is 13.0. The number of thioether (sulfide) groups is 1. The summed E-state index contributed by atoms with van der Waals surface area (Å²) >= 11 is 13.3. The summed E-state index contributed by atoms with van der Waals surface area (Å²) in [5.41, 5.74) is 3.44. The molecule has 1 N–H and O–H groups in total. The molecule has 4 rings (SSSR count). The van der Waals surface area contributed by atoms with Crippen LogP contribution in [0.15, 0.2) is 53.7 Å². The predicted octanol–water partition coefficient (Wildman–Crippen LogP) is 5.23. The minimum Gasteiger partial charge on any atom is -0.324 e. The molecule has 0 spiro atoms. The Hall–Kier alpha value is -2.28. The van der Waals surface area contributed by atoms with Crippen molar-refractivity contribution in [1.29, 1.82) is 0 Å². The maximum atomic E-state index is 12.3. The number of pyridine rings is 1. The summed E-state index contributed by atoms with van der Waals surface area (Å²) in [6.45, 7) is 2.05. The number of carbonyl (C=O) groups is 1. The van der Waals surface area contributed by atoms with Gasteiger partial charge in [-0.05, 0) is 42.8 Å². The van der Waals surface area contributed by atoms with Crippen LogP contribution in [0, 0.1) is 6.92 Å². The lowest BCUT2D eigenvalue weighted by atomic mass is 10.1. The monoisotopic (exact) mass is 416 g/mol. The van der Waals surface area contributed by atoms with E-state index in [2.05, 4.69) is 21.6 Å². The summed E-state index contributed by atoms with van der Waals surface area (Å²) < 4.78 is 1.97. The fourth-order valence-corrected chi connectivity index (χ4v) is 4.08. The third-order valence-corrected chi connectivity index (χ3v) is 5.59. The highest BCUT2D eigenvalue weighted by molar-refractivity contribution is 7.99. The topological polar surface area (TPSA) is 59.3 Å². The molecule has 0 bridgehead atoms. The highest BCUT2D eigenvalue weighted by Crippen LogP contribution is 2.27. The number of rotatable bonds is 4. The molecule has 0 aliphatic carbocycles. The average Bonchev–Trinajstić information content (AvgIpc) is 3.05. The highest BCUT2D eigenvalue weighted by Gasteiger charge is 2.13. The first kappa shape index (κ1) is 18.1. The average molecular weight is 417 g/mol. The molecule has 0 aliphatic rings. The minimum atomic E-state index is -0.183. The number of hydrogen-bond acceptors (Lipinski definition) is 4. The summed E-state index contributed by atoms with van der Waals surface area (Å²) in [6.07, 6.45) is 0. The Morgan fingerprint density at radius 1 is 1.15 bits per heavy atom. The molecule has 0 radical (unpaired) electrons. The molecule has 0 fully saturated rings. The zero-order valence-corrected chi connectivity index (χ0v) is 16.6. The van der Waals surface area contributed by atoms with E-state index in [0.717, 1.165) is 22.1 Å². The van der Waals surface area contributed by atoms with Crippen molar-refractivity contribution in [3.8, 4) is 0 Å². The molecule has 0 saturated carbocycles. The number of nitrogens with one attached hydrogen (secondary N) is 1. The first-order valence-corrected chi connectivity index (χ1v) is 9.88. The van der Waals surface area contributed by atoms with Gasteiger partial charge in [0.15, 0.2) is 10.8 Å². The Bertz CT molecular complexity index is 1180. The molecule has 8 heteroatoms. The third-order valence-electron chi connectivity index (χ3n) is 4.11. The zero-order chi connectivity index (χ0) is 19.0. The van der Waals surface area contributed by atoms with Crippen molar-refractivity contribution in [3.05, 3.63) is 64.1 Å². The van der Waals surface area contributed by atoms with Crippen molar-refractivity contribution in [1.82, 2.24) is 14.6 Å². The lowest BCUT2D eigenvalue weighted by Crippen LogP contribution is -2.14. The van der Waals surface area contributed by atoms with Gasteiger partial charge in [0.25, 0.3) is 0 Å². The molecule has 5 nitrogen and oxygen atoms in total. The van der Waals surface area contributed by atoms with Crippen LogP contribution in [0.3, 0.4) is 0 Å². The van der Waals surface area contributed by atoms with Gasteiger partial charge in [0, 0.05) is 10.4 Å². The Morgan fingerprint density at radius 3 is 2.78 bits per heavy atom. The number of fused-ring (bicyclic) bond motifs is 3. The number of amides is 1. The van der Waals surface area contributed by atoms with E-state index in [9.17, 15) is 4.79 Å². The highest BCUT2D eigenvalue weighted by atomic mass is 35.5. The zero-order valence-electron chi connectivity index (χ0n) is 14.2. The lowest BCUT2D eigenvalue weighted by Gasteiger charge is -2.08. The van der Waals surface area contributed by atoms with Crippen LogP contribution in [-0.2, 0) is 4.79 Å². The quantitative estimate of drug-likeness (QED) is 0.462. The molecule has 2 aromatic heterocycles. The van der Waals surface area contributed by atoms with Gasteiger partial charge in [-0.1, -0.05) is 53.2 Å². The maximum absolute atomic E-state index is 12.3. The second-order valence-corrected chi connectivity index (χ2v) is 7.77. The number of carbonyl (C=O) groups excluding carboxylic acids is 1. The smallest absolute Gasteiger partial charge is 0.234 e. The van der Waals surface area contributed by atoms with E-state index in [0.29, 0.717) is 20.9 Å². The number of halogens is 2. The molecule has 0 atom stereocenters. The van der Waals surface area contributed by atoms with Crippen molar-refractivity contribution >= 4 is 63.1 Å². The van der Waals surface area contributed by atoms with Crippen molar-refractivity contribution in [2.24, 2.45) is 0 Å². The van der Waals surface area contributed by atoms with Crippen LogP contribution < -0.4 is 5.32 Å². The van der Waals surface area contributed by atoms with Crippen LogP contribution in [-0.4, -0.2) is 26.3 Å². The predicted molar refractivity (Wildman–Crippen MR) is 111 cm³/mol. The van der Waals surface area contributed by atoms with Crippen LogP contribution in [0.25, 0.3) is 16.6 Å². The second-order valence-electron chi connectivity index (χ2n) is 5.98. The summed E-state index contributed by atoms with van der Waals surface area (Å²) in [6, 6.07) is 15.0. The Balaban J connectivity index is 1.57. The van der Waals surface area contributed by atoms with Gasteiger partial charge in [-0.25, -0.2) is 0 Å². The molecule has 136 valence electrons. The van der Waals surface area contributed by atoms with E-state index in [4.69, 9.17) is 23.2 Å². The Labute approximate surface area is 169 Å².